The number of aromatic amines is 1. The van der Waals surface area contributed by atoms with E-state index in [9.17, 15) is 0 Å². The summed E-state index contributed by atoms with van der Waals surface area (Å²) in [6, 6.07) is 27.5. The van der Waals surface area contributed by atoms with Gasteiger partial charge in [0.05, 0.1) is 11.2 Å². The quantitative estimate of drug-likeness (QED) is 0.445. The van der Waals surface area contributed by atoms with E-state index in [4.69, 9.17) is 9.31 Å². The molecular formula is C26H26BNO2. The van der Waals surface area contributed by atoms with E-state index < -0.39 is 7.12 Å². The van der Waals surface area contributed by atoms with Crippen LogP contribution in [0.2, 0.25) is 0 Å². The van der Waals surface area contributed by atoms with Gasteiger partial charge in [-0.2, -0.15) is 0 Å². The van der Waals surface area contributed by atoms with Crippen LogP contribution in [0.15, 0.2) is 78.9 Å². The minimum Gasteiger partial charge on any atom is -0.399 e. The van der Waals surface area contributed by atoms with Gasteiger partial charge in [-0.3, -0.25) is 0 Å². The number of hydrogen-bond donors (Lipinski definition) is 1. The molecule has 0 atom stereocenters. The van der Waals surface area contributed by atoms with Crippen molar-refractivity contribution in [2.24, 2.45) is 0 Å². The molecular weight excluding hydrogens is 369 g/mol. The van der Waals surface area contributed by atoms with E-state index >= 15 is 0 Å². The standard InChI is InChI=1S/C26H26BNO2/c1-25(2)26(3,4)30-27(29-25)20-15-21(18-11-7-5-8-12-18)22-17-23(28-24(22)16-20)19-13-9-6-10-14-19/h5-17,28H,1-4H3. The summed E-state index contributed by atoms with van der Waals surface area (Å²) in [7, 11) is -0.398. The summed E-state index contributed by atoms with van der Waals surface area (Å²) in [5, 5.41) is 1.19. The highest BCUT2D eigenvalue weighted by Gasteiger charge is 2.51. The predicted molar refractivity (Wildman–Crippen MR) is 125 cm³/mol. The molecule has 4 aromatic rings. The number of aromatic nitrogens is 1. The first-order valence-corrected chi connectivity index (χ1v) is 10.5. The monoisotopic (exact) mass is 395 g/mol. The van der Waals surface area contributed by atoms with Crippen molar-refractivity contribution in [1.82, 2.24) is 4.98 Å². The van der Waals surface area contributed by atoms with Crippen LogP contribution in [0, 0.1) is 0 Å². The number of rotatable bonds is 3. The van der Waals surface area contributed by atoms with Crippen LogP contribution in [0.4, 0.5) is 0 Å². The SMILES string of the molecule is CC1(C)OB(c2cc(-c3ccccc3)c3cc(-c4ccccc4)[nH]c3c2)OC1(C)C. The summed E-state index contributed by atoms with van der Waals surface area (Å²) in [5.41, 5.74) is 6.01. The van der Waals surface area contributed by atoms with Gasteiger partial charge in [0.1, 0.15) is 0 Å². The highest BCUT2D eigenvalue weighted by Crippen LogP contribution is 2.38. The second-order valence-corrected chi connectivity index (χ2v) is 9.03. The van der Waals surface area contributed by atoms with Crippen LogP contribution in [-0.2, 0) is 9.31 Å². The second-order valence-electron chi connectivity index (χ2n) is 9.03. The van der Waals surface area contributed by atoms with Crippen LogP contribution < -0.4 is 5.46 Å². The number of benzene rings is 3. The van der Waals surface area contributed by atoms with Gasteiger partial charge in [0.2, 0.25) is 0 Å². The fourth-order valence-corrected chi connectivity index (χ4v) is 4.01. The van der Waals surface area contributed by atoms with Crippen LogP contribution in [0.5, 0.6) is 0 Å². The summed E-state index contributed by atoms with van der Waals surface area (Å²) >= 11 is 0. The topological polar surface area (TPSA) is 34.2 Å². The molecule has 4 heteroatoms. The van der Waals surface area contributed by atoms with Crippen LogP contribution >= 0.6 is 0 Å². The summed E-state index contributed by atoms with van der Waals surface area (Å²) in [4.78, 5) is 3.62. The van der Waals surface area contributed by atoms with Gasteiger partial charge in [-0.05, 0) is 62.0 Å². The van der Waals surface area contributed by atoms with E-state index in [1.54, 1.807) is 0 Å². The first-order chi connectivity index (χ1) is 14.3. The molecule has 1 saturated heterocycles. The van der Waals surface area contributed by atoms with Gasteiger partial charge >= 0.3 is 7.12 Å². The summed E-state index contributed by atoms with van der Waals surface area (Å²) in [5.74, 6) is 0. The van der Waals surface area contributed by atoms with Crippen molar-refractivity contribution in [3.63, 3.8) is 0 Å². The lowest BCUT2D eigenvalue weighted by Crippen LogP contribution is -2.41. The molecule has 0 bridgehead atoms. The molecule has 0 aliphatic carbocycles. The molecule has 1 aliphatic rings. The first-order valence-electron chi connectivity index (χ1n) is 10.5. The third-order valence-corrected chi connectivity index (χ3v) is 6.46. The maximum Gasteiger partial charge on any atom is 0.494 e. The number of nitrogens with one attached hydrogen (secondary N) is 1. The van der Waals surface area contributed by atoms with Gasteiger partial charge in [-0.1, -0.05) is 66.7 Å². The zero-order valence-electron chi connectivity index (χ0n) is 17.9. The van der Waals surface area contributed by atoms with E-state index in [1.807, 2.05) is 12.1 Å². The van der Waals surface area contributed by atoms with Gasteiger partial charge < -0.3 is 14.3 Å². The Balaban J connectivity index is 1.68. The van der Waals surface area contributed by atoms with E-state index in [2.05, 4.69) is 99.4 Å². The predicted octanol–water partition coefficient (Wildman–Crippen LogP) is 5.80. The molecule has 1 fully saturated rings. The van der Waals surface area contributed by atoms with Crippen LogP contribution in [0.1, 0.15) is 27.7 Å². The molecule has 0 saturated carbocycles. The lowest BCUT2D eigenvalue weighted by atomic mass is 9.77. The van der Waals surface area contributed by atoms with Crippen LogP contribution in [0.25, 0.3) is 33.3 Å². The Morgan fingerprint density at radius 1 is 0.700 bits per heavy atom. The van der Waals surface area contributed by atoms with Gasteiger partial charge in [0.15, 0.2) is 0 Å². The minimum absolute atomic E-state index is 0.371. The first kappa shape index (κ1) is 19.2. The van der Waals surface area contributed by atoms with Gasteiger partial charge in [0.25, 0.3) is 0 Å². The molecule has 0 radical (unpaired) electrons. The molecule has 1 N–H and O–H groups in total. The summed E-state index contributed by atoms with van der Waals surface area (Å²) in [6.45, 7) is 8.36. The smallest absolute Gasteiger partial charge is 0.399 e. The fourth-order valence-electron chi connectivity index (χ4n) is 4.01. The average molecular weight is 395 g/mol. The number of fused-ring (bicyclic) bond motifs is 1. The molecule has 30 heavy (non-hydrogen) atoms. The van der Waals surface area contributed by atoms with E-state index in [0.29, 0.717) is 0 Å². The van der Waals surface area contributed by atoms with Gasteiger partial charge in [0, 0.05) is 16.6 Å². The van der Waals surface area contributed by atoms with Crippen molar-refractivity contribution in [2.45, 2.75) is 38.9 Å². The maximum atomic E-state index is 6.35. The largest absolute Gasteiger partial charge is 0.494 e. The highest BCUT2D eigenvalue weighted by molar-refractivity contribution is 6.62. The Bertz CT molecular complexity index is 1180. The minimum atomic E-state index is -0.398. The van der Waals surface area contributed by atoms with Crippen molar-refractivity contribution in [3.8, 4) is 22.4 Å². The van der Waals surface area contributed by atoms with Crippen molar-refractivity contribution in [1.29, 1.82) is 0 Å². The molecule has 150 valence electrons. The van der Waals surface area contributed by atoms with Crippen molar-refractivity contribution in [3.05, 3.63) is 78.9 Å². The zero-order valence-corrected chi connectivity index (χ0v) is 17.9. The number of hydrogen-bond acceptors (Lipinski definition) is 2. The number of H-pyrrole nitrogens is 1. The molecule has 1 aliphatic heterocycles. The molecule has 5 rings (SSSR count). The maximum absolute atomic E-state index is 6.35. The lowest BCUT2D eigenvalue weighted by Gasteiger charge is -2.32. The molecule has 3 nitrogen and oxygen atoms in total. The van der Waals surface area contributed by atoms with Gasteiger partial charge in [-0.25, -0.2) is 0 Å². The molecule has 1 aromatic heterocycles. The third-order valence-electron chi connectivity index (χ3n) is 6.46. The lowest BCUT2D eigenvalue weighted by molar-refractivity contribution is 0.00578. The average Bonchev–Trinajstić information content (AvgIpc) is 3.26. The normalized spacial score (nSPS) is 17.5. The fraction of sp³-hybridized carbons (Fsp3) is 0.231. The molecule has 3 aromatic carbocycles. The third kappa shape index (κ3) is 3.17. The molecule has 2 heterocycles. The Kier molecular flexibility index (Phi) is 4.39. The van der Waals surface area contributed by atoms with Crippen LogP contribution in [0.3, 0.4) is 0 Å². The Hall–Kier alpha value is -2.82. The zero-order chi connectivity index (χ0) is 20.9. The Labute approximate surface area is 178 Å². The van der Waals surface area contributed by atoms with E-state index in [0.717, 1.165) is 16.7 Å². The van der Waals surface area contributed by atoms with Gasteiger partial charge in [-0.15, -0.1) is 0 Å². The van der Waals surface area contributed by atoms with Crippen molar-refractivity contribution >= 4 is 23.5 Å². The molecule has 0 amide bonds. The van der Waals surface area contributed by atoms with E-state index in [-0.39, 0.29) is 11.2 Å². The van der Waals surface area contributed by atoms with Crippen molar-refractivity contribution < 1.29 is 9.31 Å². The molecule has 0 unspecified atom stereocenters. The van der Waals surface area contributed by atoms with Crippen molar-refractivity contribution in [2.75, 3.05) is 0 Å². The molecule has 0 spiro atoms. The summed E-state index contributed by atoms with van der Waals surface area (Å²) < 4.78 is 12.7. The highest BCUT2D eigenvalue weighted by atomic mass is 16.7. The van der Waals surface area contributed by atoms with Crippen LogP contribution in [-0.4, -0.2) is 23.3 Å². The Morgan fingerprint density at radius 2 is 1.27 bits per heavy atom. The summed E-state index contributed by atoms with van der Waals surface area (Å²) in [6.07, 6.45) is 0. The second kappa shape index (κ2) is 6.87. The van der Waals surface area contributed by atoms with E-state index in [1.165, 1.54) is 22.1 Å². The Morgan fingerprint density at radius 3 is 1.87 bits per heavy atom.